The topological polar surface area (TPSA) is 168 Å². The summed E-state index contributed by atoms with van der Waals surface area (Å²) in [6.45, 7) is 4.99. The van der Waals surface area contributed by atoms with Gasteiger partial charge in [0.2, 0.25) is 17.7 Å². The number of carboxylic acids is 1. The Morgan fingerprint density at radius 2 is 1.62 bits per heavy atom. The van der Waals surface area contributed by atoms with Gasteiger partial charge in [-0.1, -0.05) is 62.2 Å². The summed E-state index contributed by atoms with van der Waals surface area (Å²) in [5.41, 5.74) is 4.55. The Hall–Kier alpha value is -3.63. The number of aliphatic carboxylic acids is 1. The van der Waals surface area contributed by atoms with Gasteiger partial charge in [-0.05, 0) is 48.1 Å². The van der Waals surface area contributed by atoms with E-state index >= 15 is 0 Å². The van der Waals surface area contributed by atoms with Crippen LogP contribution in [0.4, 0.5) is 5.69 Å². The number of amides is 4. The predicted molar refractivity (Wildman–Crippen MR) is 151 cm³/mol. The summed E-state index contributed by atoms with van der Waals surface area (Å²) in [6, 6.07) is 10.0. The van der Waals surface area contributed by atoms with Crippen LogP contribution in [0, 0.1) is 16.7 Å². The van der Waals surface area contributed by atoms with Crippen LogP contribution in [-0.2, 0) is 25.6 Å². The summed E-state index contributed by atoms with van der Waals surface area (Å²) in [6.07, 6.45) is 0.748. The summed E-state index contributed by atoms with van der Waals surface area (Å²) < 4.78 is 0. The van der Waals surface area contributed by atoms with Crippen molar-refractivity contribution in [3.8, 4) is 0 Å². The smallest absolute Gasteiger partial charge is 0.326 e. The van der Waals surface area contributed by atoms with Crippen molar-refractivity contribution < 1.29 is 29.1 Å². The third-order valence-electron chi connectivity index (χ3n) is 7.92. The molecule has 3 atom stereocenters. The van der Waals surface area contributed by atoms with E-state index in [1.807, 2.05) is 0 Å². The summed E-state index contributed by atoms with van der Waals surface area (Å²) in [7, 11) is 0. The van der Waals surface area contributed by atoms with E-state index in [4.69, 9.17) is 28.9 Å². The number of nitrogens with one attached hydrogen (secondary N) is 3. The quantitative estimate of drug-likeness (QED) is 0.284. The minimum Gasteiger partial charge on any atom is -0.480 e. The number of primary amides is 1. The second-order valence-electron chi connectivity index (χ2n) is 10.6. The molecule has 12 heteroatoms. The van der Waals surface area contributed by atoms with E-state index in [1.54, 1.807) is 63.2 Å². The van der Waals surface area contributed by atoms with Crippen molar-refractivity contribution in [2.75, 3.05) is 11.9 Å². The highest BCUT2D eigenvalue weighted by Crippen LogP contribution is 2.56. The SMILES string of the molecule is CC1(C)[C@H](C(=O)N[C@@H](Cc2ccc(NC(=O)c3c(Cl)cccc3Cl)cc2)C(=O)O)CC[C@@]1(C)C(=O)NCC(N)=O. The van der Waals surface area contributed by atoms with Crippen LogP contribution in [0.25, 0.3) is 0 Å². The van der Waals surface area contributed by atoms with E-state index in [1.165, 1.54) is 0 Å². The molecule has 214 valence electrons. The lowest BCUT2D eigenvalue weighted by atomic mass is 9.65. The summed E-state index contributed by atoms with van der Waals surface area (Å²) in [4.78, 5) is 61.8. The molecule has 3 rings (SSSR count). The molecule has 0 spiro atoms. The third-order valence-corrected chi connectivity index (χ3v) is 8.55. The minimum absolute atomic E-state index is 0.00481. The molecule has 0 aromatic heterocycles. The maximum absolute atomic E-state index is 13.3. The number of carboxylic acid groups (broad SMARTS) is 1. The Balaban J connectivity index is 1.66. The Bertz CT molecular complexity index is 1310. The highest BCUT2D eigenvalue weighted by molar-refractivity contribution is 6.40. The second kappa shape index (κ2) is 12.3. The van der Waals surface area contributed by atoms with E-state index in [0.717, 1.165) is 0 Å². The van der Waals surface area contributed by atoms with E-state index in [0.29, 0.717) is 24.1 Å². The molecule has 1 saturated carbocycles. The molecule has 0 radical (unpaired) electrons. The number of anilines is 1. The molecule has 0 unspecified atom stereocenters. The van der Waals surface area contributed by atoms with Crippen LogP contribution in [0.15, 0.2) is 42.5 Å². The van der Waals surface area contributed by atoms with Crippen LogP contribution < -0.4 is 21.7 Å². The molecule has 0 saturated heterocycles. The maximum Gasteiger partial charge on any atom is 0.326 e. The zero-order valence-electron chi connectivity index (χ0n) is 22.3. The van der Waals surface area contributed by atoms with Gasteiger partial charge in [0, 0.05) is 18.0 Å². The van der Waals surface area contributed by atoms with Gasteiger partial charge in [0.25, 0.3) is 5.91 Å². The van der Waals surface area contributed by atoms with Crippen molar-refractivity contribution >= 4 is 58.5 Å². The van der Waals surface area contributed by atoms with E-state index in [-0.39, 0.29) is 34.5 Å². The molecule has 4 amide bonds. The third kappa shape index (κ3) is 6.56. The van der Waals surface area contributed by atoms with Gasteiger partial charge in [0.15, 0.2) is 0 Å². The average Bonchev–Trinajstić information content (AvgIpc) is 3.12. The van der Waals surface area contributed by atoms with Crippen LogP contribution in [0.5, 0.6) is 0 Å². The van der Waals surface area contributed by atoms with Crippen molar-refractivity contribution in [3.05, 3.63) is 63.6 Å². The van der Waals surface area contributed by atoms with Crippen molar-refractivity contribution in [1.29, 1.82) is 0 Å². The fraction of sp³-hybridized carbons (Fsp3) is 0.393. The number of benzene rings is 2. The fourth-order valence-corrected chi connectivity index (χ4v) is 5.64. The number of hydrogen-bond acceptors (Lipinski definition) is 5. The first-order chi connectivity index (χ1) is 18.7. The molecular formula is C28H32Cl2N4O6. The Labute approximate surface area is 242 Å². The Morgan fingerprint density at radius 3 is 2.17 bits per heavy atom. The summed E-state index contributed by atoms with van der Waals surface area (Å²) in [5.74, 6) is -3.86. The molecular weight excluding hydrogens is 559 g/mol. The normalized spacial score (nSPS) is 20.3. The fourth-order valence-electron chi connectivity index (χ4n) is 5.07. The van der Waals surface area contributed by atoms with Crippen molar-refractivity contribution in [2.24, 2.45) is 22.5 Å². The second-order valence-corrected chi connectivity index (χ2v) is 11.5. The largest absolute Gasteiger partial charge is 0.480 e. The van der Waals surface area contributed by atoms with Crippen LogP contribution in [-0.4, -0.2) is 47.3 Å². The standard InChI is InChI=1S/C28H32Cl2N4O6/c1-27(2)17(11-12-28(27,3)26(40)32-14-21(31)35)23(36)34-20(25(38)39)13-15-7-9-16(10-8-15)33-24(37)22-18(29)5-4-6-19(22)30/h4-10,17,20H,11-14H2,1-3H3,(H2,31,35)(H,32,40)(H,33,37)(H,34,36)(H,38,39)/t17-,20-,28-/m0/s1. The van der Waals surface area contributed by atoms with E-state index in [2.05, 4.69) is 16.0 Å². The molecule has 6 N–H and O–H groups in total. The molecule has 2 aromatic rings. The highest BCUT2D eigenvalue weighted by atomic mass is 35.5. The molecule has 2 aromatic carbocycles. The number of nitrogens with two attached hydrogens (primary N) is 1. The summed E-state index contributed by atoms with van der Waals surface area (Å²) >= 11 is 12.2. The van der Waals surface area contributed by atoms with E-state index in [9.17, 15) is 29.1 Å². The van der Waals surface area contributed by atoms with Crippen LogP contribution in [0.3, 0.4) is 0 Å². The first kappa shape index (κ1) is 30.9. The number of halogens is 2. The van der Waals surface area contributed by atoms with Crippen LogP contribution in [0.1, 0.15) is 49.5 Å². The zero-order chi connectivity index (χ0) is 29.8. The predicted octanol–water partition coefficient (Wildman–Crippen LogP) is 3.40. The first-order valence-corrected chi connectivity index (χ1v) is 13.4. The Morgan fingerprint density at radius 1 is 1.02 bits per heavy atom. The Kier molecular flexibility index (Phi) is 9.48. The van der Waals surface area contributed by atoms with Gasteiger partial charge in [-0.25, -0.2) is 4.79 Å². The van der Waals surface area contributed by atoms with Gasteiger partial charge in [0.05, 0.1) is 27.6 Å². The van der Waals surface area contributed by atoms with Crippen molar-refractivity contribution in [1.82, 2.24) is 10.6 Å². The molecule has 1 aliphatic rings. The molecule has 40 heavy (non-hydrogen) atoms. The molecule has 1 fully saturated rings. The van der Waals surface area contributed by atoms with Crippen LogP contribution >= 0.6 is 23.2 Å². The molecule has 0 aliphatic heterocycles. The minimum atomic E-state index is -1.22. The van der Waals surface area contributed by atoms with Gasteiger partial charge in [-0.3, -0.25) is 19.2 Å². The van der Waals surface area contributed by atoms with Crippen LogP contribution in [0.2, 0.25) is 10.0 Å². The number of carbonyl (C=O) groups excluding carboxylic acids is 4. The average molecular weight is 591 g/mol. The summed E-state index contributed by atoms with van der Waals surface area (Å²) in [5, 5.41) is 18.1. The lowest BCUT2D eigenvalue weighted by Gasteiger charge is -2.40. The lowest BCUT2D eigenvalue weighted by Crippen LogP contribution is -2.52. The highest BCUT2D eigenvalue weighted by Gasteiger charge is 2.58. The lowest BCUT2D eigenvalue weighted by molar-refractivity contribution is -0.145. The molecule has 1 aliphatic carbocycles. The van der Waals surface area contributed by atoms with Crippen molar-refractivity contribution in [3.63, 3.8) is 0 Å². The monoisotopic (exact) mass is 590 g/mol. The van der Waals surface area contributed by atoms with Gasteiger partial charge in [-0.15, -0.1) is 0 Å². The van der Waals surface area contributed by atoms with E-state index < -0.39 is 46.5 Å². The zero-order valence-corrected chi connectivity index (χ0v) is 23.9. The van der Waals surface area contributed by atoms with Gasteiger partial charge in [-0.2, -0.15) is 0 Å². The first-order valence-electron chi connectivity index (χ1n) is 12.6. The number of hydrogen-bond donors (Lipinski definition) is 5. The van der Waals surface area contributed by atoms with Gasteiger partial charge < -0.3 is 26.8 Å². The molecule has 10 nitrogen and oxygen atoms in total. The van der Waals surface area contributed by atoms with Crippen molar-refractivity contribution in [2.45, 2.75) is 46.1 Å². The maximum atomic E-state index is 13.3. The number of rotatable bonds is 10. The molecule has 0 heterocycles. The van der Waals surface area contributed by atoms with Gasteiger partial charge in [0.1, 0.15) is 6.04 Å². The number of carbonyl (C=O) groups is 5. The van der Waals surface area contributed by atoms with Gasteiger partial charge >= 0.3 is 5.97 Å². The molecule has 0 bridgehead atoms.